The van der Waals surface area contributed by atoms with E-state index in [1.165, 1.54) is 0 Å². The van der Waals surface area contributed by atoms with Crippen molar-refractivity contribution in [3.05, 3.63) is 0 Å². The molecule has 0 radical (unpaired) electrons. The molecule has 0 bridgehead atoms. The molecule has 0 aliphatic carbocycles. The number of ether oxygens (including phenoxy) is 2. The molecule has 0 saturated carbocycles. The average molecular weight is 508 g/mol. The van der Waals surface area contributed by atoms with Crippen molar-refractivity contribution in [2.24, 2.45) is 11.8 Å². The Balaban J connectivity index is -0.00000198. The van der Waals surface area contributed by atoms with Crippen LogP contribution in [0.5, 0.6) is 0 Å². The molecule has 3 atom stereocenters. The molecule has 0 amide bonds. The Morgan fingerprint density at radius 3 is 1.66 bits per heavy atom. The quantitative estimate of drug-likeness (QED) is 0.125. The summed E-state index contributed by atoms with van der Waals surface area (Å²) < 4.78 is 52.9. The van der Waals surface area contributed by atoms with E-state index < -0.39 is 42.4 Å². The van der Waals surface area contributed by atoms with Crippen LogP contribution in [0.2, 0.25) is 0 Å². The zero-order valence-electron chi connectivity index (χ0n) is 20.0. The van der Waals surface area contributed by atoms with E-state index in [9.17, 15) is 22.6 Å². The zero-order valence-corrected chi connectivity index (χ0v) is 23.8. The van der Waals surface area contributed by atoms with Crippen molar-refractivity contribution in [1.29, 1.82) is 0 Å². The first-order valence-electron chi connectivity index (χ1n) is 10.8. The number of unbranched alkanes of at least 4 members (excludes halogenated alkanes) is 2. The van der Waals surface area contributed by atoms with Gasteiger partial charge in [0.2, 0.25) is 0 Å². The Morgan fingerprint density at radius 2 is 1.31 bits per heavy atom. The number of carbonyl (C=O) groups is 2. The predicted molar refractivity (Wildman–Crippen MR) is 114 cm³/mol. The third-order valence-corrected chi connectivity index (χ3v) is 6.05. The molecule has 0 rings (SSSR count). The minimum atomic E-state index is -5.01. The molecule has 0 aliphatic heterocycles. The number of carbonyl (C=O) groups excluding carboxylic acids is 2. The van der Waals surface area contributed by atoms with Gasteiger partial charge < -0.3 is 18.9 Å². The van der Waals surface area contributed by atoms with Gasteiger partial charge in [-0.15, -0.1) is 0 Å². The number of esters is 2. The van der Waals surface area contributed by atoms with Crippen LogP contribution >= 0.6 is 8.69 Å². The van der Waals surface area contributed by atoms with E-state index >= 15 is 0 Å². The minimum absolute atomic E-state index is 0. The maximum absolute atomic E-state index is 12.1. The molecule has 0 aromatic heterocycles. The summed E-state index contributed by atoms with van der Waals surface area (Å²) in [5.41, 5.74) is 0. The van der Waals surface area contributed by atoms with Gasteiger partial charge in [-0.05, 0) is 24.7 Å². The summed E-state index contributed by atoms with van der Waals surface area (Å²) in [5, 5.41) is -2.06. The van der Waals surface area contributed by atoms with Gasteiger partial charge in [-0.2, -0.15) is 0 Å². The van der Waals surface area contributed by atoms with Crippen LogP contribution in [0.25, 0.3) is 0 Å². The van der Waals surface area contributed by atoms with Crippen molar-refractivity contribution >= 4 is 30.7 Å². The molecule has 0 aliphatic rings. The van der Waals surface area contributed by atoms with Crippen LogP contribution in [0.1, 0.15) is 85.5 Å². The Hall–Kier alpha value is -0.0900. The summed E-state index contributed by atoms with van der Waals surface area (Å²) in [4.78, 5) is 32.5. The fourth-order valence-electron chi connectivity index (χ4n) is 2.81. The summed E-state index contributed by atoms with van der Waals surface area (Å²) in [6.07, 6.45) is 6.58. The molecule has 3 unspecified atom stereocenters. The zero-order chi connectivity index (χ0) is 24.3. The number of rotatable bonds is 16. The second-order valence-electron chi connectivity index (χ2n) is 7.41. The molecule has 0 spiro atoms. The summed E-state index contributed by atoms with van der Waals surface area (Å²) in [5.74, 6) is -1.74. The van der Waals surface area contributed by atoms with Crippen molar-refractivity contribution in [3.63, 3.8) is 0 Å². The SMILES string of the molecule is CCCCC(CC)COC(=O)CC(C(=O)OCC(CC)CCCC)S(=O)(=O)[O-].O=P[O-].[Na+]. The second-order valence-corrected chi connectivity index (χ2v) is 9.11. The largest absolute Gasteiger partial charge is 1.00 e. The topological polar surface area (TPSA) is 150 Å². The molecule has 32 heavy (non-hydrogen) atoms. The van der Waals surface area contributed by atoms with E-state index in [4.69, 9.17) is 18.9 Å². The van der Waals surface area contributed by atoms with E-state index in [1.54, 1.807) is 0 Å². The Morgan fingerprint density at radius 1 is 0.906 bits per heavy atom. The first-order valence-corrected chi connectivity index (χ1v) is 13.0. The molecular formula is C20H37NaO9PS-. The van der Waals surface area contributed by atoms with Crippen molar-refractivity contribution in [3.8, 4) is 0 Å². The normalized spacial score (nSPS) is 13.7. The van der Waals surface area contributed by atoms with Crippen LogP contribution in [-0.2, 0) is 33.7 Å². The first kappa shape index (κ1) is 36.5. The molecule has 0 saturated heterocycles. The Bertz CT molecular complexity index is 602. The molecule has 184 valence electrons. The first-order chi connectivity index (χ1) is 14.6. The van der Waals surface area contributed by atoms with Gasteiger partial charge in [0.05, 0.1) is 28.3 Å². The van der Waals surface area contributed by atoms with Gasteiger partial charge >= 0.3 is 41.5 Å². The molecule has 0 aromatic rings. The van der Waals surface area contributed by atoms with Crippen molar-refractivity contribution in [1.82, 2.24) is 0 Å². The van der Waals surface area contributed by atoms with Crippen LogP contribution in [-0.4, -0.2) is 43.4 Å². The summed E-state index contributed by atoms with van der Waals surface area (Å²) in [6.45, 7) is 8.26. The minimum Gasteiger partial charge on any atom is -0.772 e. The van der Waals surface area contributed by atoms with Crippen LogP contribution < -0.4 is 34.5 Å². The van der Waals surface area contributed by atoms with E-state index in [-0.39, 0.29) is 54.6 Å². The standard InChI is InChI=1S/C20H38O7S.Na.HO2P/c1-5-9-11-16(7-3)14-26-19(21)13-18(28(23,24)25)20(22)27-15-17(8-4)12-10-6-2;;1-3-2/h16-18H,5-15H2,1-4H3,(H,23,24,25);;(H,1,2)/q;+1;/p-2. The van der Waals surface area contributed by atoms with Crippen LogP contribution in [0.3, 0.4) is 0 Å². The van der Waals surface area contributed by atoms with Gasteiger partial charge in [0, 0.05) is 0 Å². The third-order valence-electron chi connectivity index (χ3n) is 4.99. The molecule has 12 heteroatoms. The van der Waals surface area contributed by atoms with E-state index in [1.807, 2.05) is 13.8 Å². The van der Waals surface area contributed by atoms with E-state index in [0.29, 0.717) is 0 Å². The van der Waals surface area contributed by atoms with Gasteiger partial charge in [0.25, 0.3) is 0 Å². The van der Waals surface area contributed by atoms with Crippen molar-refractivity contribution in [2.45, 2.75) is 90.7 Å². The monoisotopic (exact) mass is 507 g/mol. The maximum atomic E-state index is 12.1. The molecule has 0 fully saturated rings. The summed E-state index contributed by atoms with van der Waals surface area (Å²) in [7, 11) is -6.10. The molecule has 0 N–H and O–H groups in total. The molecular weight excluding hydrogens is 470 g/mol. The summed E-state index contributed by atoms with van der Waals surface area (Å²) in [6, 6.07) is 0. The summed E-state index contributed by atoms with van der Waals surface area (Å²) >= 11 is 0. The van der Waals surface area contributed by atoms with Gasteiger partial charge in [0.15, 0.2) is 5.25 Å². The molecule has 9 nitrogen and oxygen atoms in total. The number of hydrogen-bond donors (Lipinski definition) is 0. The van der Waals surface area contributed by atoms with Crippen LogP contribution in [0.15, 0.2) is 0 Å². The predicted octanol–water partition coefficient (Wildman–Crippen LogP) is 0.367. The van der Waals surface area contributed by atoms with Crippen LogP contribution in [0.4, 0.5) is 0 Å². The number of hydrogen-bond acceptors (Lipinski definition) is 9. The van der Waals surface area contributed by atoms with Crippen LogP contribution in [0, 0.1) is 11.8 Å². The fourth-order valence-corrected chi connectivity index (χ4v) is 3.46. The van der Waals surface area contributed by atoms with E-state index in [2.05, 4.69) is 13.8 Å². The van der Waals surface area contributed by atoms with E-state index in [0.717, 1.165) is 51.4 Å². The fraction of sp³-hybridized carbons (Fsp3) is 0.900. The average Bonchev–Trinajstić information content (AvgIpc) is 2.71. The Labute approximate surface area is 216 Å². The van der Waals surface area contributed by atoms with Gasteiger partial charge in [-0.1, -0.05) is 66.2 Å². The van der Waals surface area contributed by atoms with Gasteiger partial charge in [-0.3, -0.25) is 14.2 Å². The molecule has 0 heterocycles. The Kier molecular flexibility index (Phi) is 25.9. The van der Waals surface area contributed by atoms with Gasteiger partial charge in [-0.25, -0.2) is 8.42 Å². The second kappa shape index (κ2) is 22.7. The van der Waals surface area contributed by atoms with Gasteiger partial charge in [0.1, 0.15) is 10.1 Å². The maximum Gasteiger partial charge on any atom is 1.00 e. The molecule has 0 aromatic carbocycles. The third kappa shape index (κ3) is 19.4. The van der Waals surface area contributed by atoms with Crippen molar-refractivity contribution < 1.29 is 71.0 Å². The van der Waals surface area contributed by atoms with Crippen molar-refractivity contribution in [2.75, 3.05) is 13.2 Å². The smallest absolute Gasteiger partial charge is 0.772 e.